The maximum Gasteiger partial charge on any atom is 0.251 e. The average Bonchev–Trinajstić information content (AvgIpc) is 2.99. The number of nitrogens with one attached hydrogen (secondary N) is 1. The lowest BCUT2D eigenvalue weighted by molar-refractivity contribution is 0.0957. The maximum absolute atomic E-state index is 12.7. The van der Waals surface area contributed by atoms with Crippen LogP contribution in [-0.4, -0.2) is 36.5 Å². The van der Waals surface area contributed by atoms with E-state index >= 15 is 0 Å². The van der Waals surface area contributed by atoms with Crippen molar-refractivity contribution in [2.45, 2.75) is 44.6 Å². The van der Waals surface area contributed by atoms with Crippen LogP contribution in [-0.2, 0) is 19.3 Å². The van der Waals surface area contributed by atoms with Gasteiger partial charge in [-0.05, 0) is 72.1 Å². The average molecular weight is 373 g/mol. The highest BCUT2D eigenvalue weighted by Gasteiger charge is 2.26. The van der Waals surface area contributed by atoms with Crippen LogP contribution in [0.4, 0.5) is 0 Å². The maximum atomic E-state index is 12.7. The van der Waals surface area contributed by atoms with Crippen LogP contribution in [0, 0.1) is 0 Å². The lowest BCUT2D eigenvalue weighted by Crippen LogP contribution is -2.41. The molecule has 0 aromatic heterocycles. The van der Waals surface area contributed by atoms with E-state index in [2.05, 4.69) is 52.7 Å². The van der Waals surface area contributed by atoms with Gasteiger partial charge in [0.15, 0.2) is 0 Å². The highest BCUT2D eigenvalue weighted by atomic mass is 16.1. The summed E-state index contributed by atoms with van der Waals surface area (Å²) in [5.41, 5.74) is 7.50. The summed E-state index contributed by atoms with van der Waals surface area (Å²) in [6, 6.07) is 15.6. The number of nitrogens with zero attached hydrogens (tertiary/aromatic N) is 1. The van der Waals surface area contributed by atoms with Gasteiger partial charge in [-0.25, -0.2) is 0 Å². The first-order valence-electron chi connectivity index (χ1n) is 10.7. The van der Waals surface area contributed by atoms with Crippen molar-refractivity contribution in [1.82, 2.24) is 10.2 Å². The van der Waals surface area contributed by atoms with Crippen LogP contribution in [0.25, 0.3) is 6.08 Å². The van der Waals surface area contributed by atoms with Gasteiger partial charge in [0.05, 0.1) is 0 Å². The van der Waals surface area contributed by atoms with E-state index in [1.165, 1.54) is 47.1 Å². The molecule has 1 saturated carbocycles. The molecular weight excluding hydrogens is 344 g/mol. The van der Waals surface area contributed by atoms with Gasteiger partial charge >= 0.3 is 0 Å². The minimum atomic E-state index is 0.0414. The van der Waals surface area contributed by atoms with Crippen LogP contribution in [0.5, 0.6) is 0 Å². The minimum Gasteiger partial charge on any atom is -0.348 e. The quantitative estimate of drug-likeness (QED) is 0.879. The second-order valence-electron chi connectivity index (χ2n) is 8.47. The van der Waals surface area contributed by atoms with Crippen molar-refractivity contribution in [2.24, 2.45) is 0 Å². The fraction of sp³-hybridized carbons (Fsp3) is 0.400. The van der Waals surface area contributed by atoms with Crippen LogP contribution in [0.15, 0.2) is 48.0 Å². The van der Waals surface area contributed by atoms with Crippen molar-refractivity contribution in [3.05, 3.63) is 75.9 Å². The summed E-state index contributed by atoms with van der Waals surface area (Å²) in [4.78, 5) is 15.4. The lowest BCUT2D eigenvalue weighted by atomic mass is 9.91. The predicted molar refractivity (Wildman–Crippen MR) is 114 cm³/mol. The van der Waals surface area contributed by atoms with Crippen LogP contribution in [0.1, 0.15) is 51.9 Å². The Bertz CT molecular complexity index is 926. The smallest absolute Gasteiger partial charge is 0.251 e. The van der Waals surface area contributed by atoms with Crippen molar-refractivity contribution >= 4 is 12.0 Å². The van der Waals surface area contributed by atoms with Crippen LogP contribution in [0.2, 0.25) is 0 Å². The highest BCUT2D eigenvalue weighted by Crippen LogP contribution is 2.28. The monoisotopic (exact) mass is 372 g/mol. The van der Waals surface area contributed by atoms with Gasteiger partial charge in [-0.15, -0.1) is 0 Å². The molecule has 28 heavy (non-hydrogen) atoms. The normalized spacial score (nSPS) is 19.2. The number of carbonyl (C=O) groups is 1. The molecule has 1 fully saturated rings. The van der Waals surface area contributed by atoms with E-state index < -0.39 is 0 Å². The molecule has 0 radical (unpaired) electrons. The number of amides is 1. The molecule has 5 rings (SSSR count). The van der Waals surface area contributed by atoms with E-state index in [9.17, 15) is 4.79 Å². The van der Waals surface area contributed by atoms with E-state index in [0.717, 1.165) is 44.0 Å². The van der Waals surface area contributed by atoms with Crippen molar-refractivity contribution in [3.63, 3.8) is 0 Å². The number of benzene rings is 2. The van der Waals surface area contributed by atoms with E-state index in [1.807, 2.05) is 6.07 Å². The third-order valence-electron chi connectivity index (χ3n) is 6.70. The Balaban J connectivity index is 1.21. The molecule has 3 nitrogen and oxygen atoms in total. The first kappa shape index (κ1) is 17.7. The fourth-order valence-electron chi connectivity index (χ4n) is 4.76. The topological polar surface area (TPSA) is 32.3 Å². The molecule has 0 saturated heterocycles. The first-order valence-corrected chi connectivity index (χ1v) is 10.7. The zero-order chi connectivity index (χ0) is 18.9. The zero-order valence-electron chi connectivity index (χ0n) is 16.4. The summed E-state index contributed by atoms with van der Waals surface area (Å²) >= 11 is 0. The summed E-state index contributed by atoms with van der Waals surface area (Å²) in [5.74, 6) is 0.0414. The molecule has 1 aliphatic heterocycles. The molecule has 0 spiro atoms. The molecule has 3 heteroatoms. The standard InChI is InChI=1S/C25H28N2O/c28-25(26-17-18-14-20-4-1-2-5-21(20)15-18)23-9-8-19-10-12-27(24-6-3-7-24)13-11-22(19)16-23/h1-2,4-5,8-9,14,16,24H,3,6-7,10-13,15,17H2,(H,26,28). The fourth-order valence-corrected chi connectivity index (χ4v) is 4.76. The molecular formula is C25H28N2O. The van der Waals surface area contributed by atoms with Gasteiger partial charge in [-0.3, -0.25) is 9.69 Å². The molecule has 2 aromatic carbocycles. The highest BCUT2D eigenvalue weighted by molar-refractivity contribution is 5.94. The Labute approximate surface area is 167 Å². The molecule has 0 atom stereocenters. The summed E-state index contributed by atoms with van der Waals surface area (Å²) in [6.07, 6.45) is 9.44. The molecule has 2 aliphatic carbocycles. The minimum absolute atomic E-state index is 0.0414. The number of fused-ring (bicyclic) bond motifs is 2. The Kier molecular flexibility index (Phi) is 4.77. The van der Waals surface area contributed by atoms with Gasteiger partial charge < -0.3 is 5.32 Å². The number of hydrogen-bond donors (Lipinski definition) is 1. The van der Waals surface area contributed by atoms with Crippen molar-refractivity contribution in [1.29, 1.82) is 0 Å². The van der Waals surface area contributed by atoms with Crippen LogP contribution < -0.4 is 5.32 Å². The van der Waals surface area contributed by atoms with Crippen LogP contribution in [0.3, 0.4) is 0 Å². The first-order chi connectivity index (χ1) is 13.8. The third kappa shape index (κ3) is 3.51. The number of hydrogen-bond acceptors (Lipinski definition) is 2. The van der Waals surface area contributed by atoms with Gasteiger partial charge in [-0.2, -0.15) is 0 Å². The Morgan fingerprint density at radius 2 is 1.82 bits per heavy atom. The second kappa shape index (κ2) is 7.56. The van der Waals surface area contributed by atoms with E-state index in [1.54, 1.807) is 0 Å². The van der Waals surface area contributed by atoms with Gasteiger partial charge in [0, 0.05) is 31.2 Å². The molecule has 3 aliphatic rings. The molecule has 0 bridgehead atoms. The van der Waals surface area contributed by atoms with Crippen LogP contribution >= 0.6 is 0 Å². The summed E-state index contributed by atoms with van der Waals surface area (Å²) in [7, 11) is 0. The van der Waals surface area contributed by atoms with Gasteiger partial charge in [0.2, 0.25) is 0 Å². The SMILES string of the molecule is O=C(NCC1=Cc2ccccc2C1)c1ccc2c(c1)CCN(C1CCC1)CC2. The van der Waals surface area contributed by atoms with E-state index in [-0.39, 0.29) is 5.91 Å². The van der Waals surface area contributed by atoms with Gasteiger partial charge in [0.25, 0.3) is 5.91 Å². The summed E-state index contributed by atoms with van der Waals surface area (Å²) < 4.78 is 0. The number of carbonyl (C=O) groups excluding carboxylic acids is 1. The predicted octanol–water partition coefficient (Wildman–Crippen LogP) is 4.01. The van der Waals surface area contributed by atoms with E-state index in [0.29, 0.717) is 6.54 Å². The Morgan fingerprint density at radius 1 is 1.00 bits per heavy atom. The summed E-state index contributed by atoms with van der Waals surface area (Å²) in [5, 5.41) is 3.13. The molecule has 1 N–H and O–H groups in total. The van der Waals surface area contributed by atoms with Gasteiger partial charge in [-0.1, -0.05) is 42.8 Å². The molecule has 0 unspecified atom stereocenters. The second-order valence-corrected chi connectivity index (χ2v) is 8.47. The molecule has 2 aromatic rings. The Hall–Kier alpha value is -2.39. The zero-order valence-corrected chi connectivity index (χ0v) is 16.4. The van der Waals surface area contributed by atoms with Crippen molar-refractivity contribution < 1.29 is 4.79 Å². The lowest BCUT2D eigenvalue weighted by Gasteiger charge is -2.36. The van der Waals surface area contributed by atoms with E-state index in [4.69, 9.17) is 0 Å². The van der Waals surface area contributed by atoms with Crippen molar-refractivity contribution in [3.8, 4) is 0 Å². The largest absolute Gasteiger partial charge is 0.348 e. The molecule has 1 amide bonds. The van der Waals surface area contributed by atoms with Gasteiger partial charge in [0.1, 0.15) is 0 Å². The Morgan fingerprint density at radius 3 is 2.61 bits per heavy atom. The molecule has 1 heterocycles. The summed E-state index contributed by atoms with van der Waals surface area (Å²) in [6.45, 7) is 2.92. The number of rotatable bonds is 4. The van der Waals surface area contributed by atoms with Crippen molar-refractivity contribution in [2.75, 3.05) is 19.6 Å². The molecule has 144 valence electrons. The third-order valence-corrected chi connectivity index (χ3v) is 6.70.